The lowest BCUT2D eigenvalue weighted by Crippen LogP contribution is -2.30. The van der Waals surface area contributed by atoms with Gasteiger partial charge in [-0.2, -0.15) is 0 Å². The average molecular weight is 329 g/mol. The van der Waals surface area contributed by atoms with E-state index in [1.54, 1.807) is 7.11 Å². The summed E-state index contributed by atoms with van der Waals surface area (Å²) in [4.78, 5) is 25.6. The molecule has 0 saturated carbocycles. The zero-order valence-electron chi connectivity index (χ0n) is 13.1. The molecule has 0 spiro atoms. The predicted octanol–water partition coefficient (Wildman–Crippen LogP) is 2.26. The molecule has 0 aromatic heterocycles. The lowest BCUT2D eigenvalue weighted by atomic mass is 10.1. The van der Waals surface area contributed by atoms with E-state index in [0.29, 0.717) is 19.6 Å². The van der Waals surface area contributed by atoms with Crippen molar-refractivity contribution in [3.8, 4) is 5.75 Å². The summed E-state index contributed by atoms with van der Waals surface area (Å²) in [5.41, 5.74) is 1.18. The van der Waals surface area contributed by atoms with E-state index in [1.807, 2.05) is 24.3 Å². The second-order valence-electron chi connectivity index (χ2n) is 4.90. The summed E-state index contributed by atoms with van der Waals surface area (Å²) < 4.78 is 15.7. The Morgan fingerprint density at radius 3 is 2.50 bits per heavy atom. The van der Waals surface area contributed by atoms with Crippen molar-refractivity contribution < 1.29 is 23.8 Å². The number of hydrogen-bond acceptors (Lipinski definition) is 4. The summed E-state index contributed by atoms with van der Waals surface area (Å²) in [5, 5.41) is 1.26. The van der Waals surface area contributed by atoms with Gasteiger partial charge in [0.25, 0.3) is 0 Å². The highest BCUT2D eigenvalue weighted by molar-refractivity contribution is 7.37. The molecule has 1 amide bonds. The topological polar surface area (TPSA) is 76.1 Å². The van der Waals surface area contributed by atoms with Gasteiger partial charge in [0.2, 0.25) is 5.91 Å². The molecule has 6 nitrogen and oxygen atoms in total. The minimum atomic E-state index is -2.48. The van der Waals surface area contributed by atoms with Crippen molar-refractivity contribution in [1.29, 1.82) is 0 Å². The van der Waals surface area contributed by atoms with E-state index in [2.05, 4.69) is 0 Å². The number of amides is 1. The van der Waals surface area contributed by atoms with Crippen LogP contribution in [0.25, 0.3) is 0 Å². The smallest absolute Gasteiger partial charge is 0.242 e. The molecule has 22 heavy (non-hydrogen) atoms. The maximum absolute atomic E-state index is 11.4. The maximum atomic E-state index is 11.4. The summed E-state index contributed by atoms with van der Waals surface area (Å²) in [7, 11) is -0.844. The predicted molar refractivity (Wildman–Crippen MR) is 85.4 cm³/mol. The molecule has 0 fully saturated rings. The van der Waals surface area contributed by atoms with Crippen molar-refractivity contribution in [1.82, 2.24) is 5.06 Å². The normalized spacial score (nSPS) is 12.0. The number of carbonyl (C=O) groups excluding carboxylic acids is 1. The molecule has 0 aliphatic carbocycles. The highest BCUT2D eigenvalue weighted by atomic mass is 31.1. The minimum absolute atomic E-state index is 0.193. The molecule has 7 heteroatoms. The fraction of sp³-hybridized carbons (Fsp3) is 0.533. The first-order chi connectivity index (χ1) is 10.5. The van der Waals surface area contributed by atoms with E-state index in [4.69, 9.17) is 14.5 Å². The Hall–Kier alpha value is -1.36. The highest BCUT2D eigenvalue weighted by Gasteiger charge is 2.09. The van der Waals surface area contributed by atoms with Gasteiger partial charge in [-0.1, -0.05) is 12.1 Å². The molecule has 124 valence electrons. The van der Waals surface area contributed by atoms with Gasteiger partial charge in [0.05, 0.1) is 13.7 Å². The Labute approximate surface area is 131 Å². The van der Waals surface area contributed by atoms with Crippen LogP contribution in [0.2, 0.25) is 0 Å². The van der Waals surface area contributed by atoms with Gasteiger partial charge >= 0.3 is 0 Å². The first-order valence-corrected chi connectivity index (χ1v) is 8.85. The van der Waals surface area contributed by atoms with Gasteiger partial charge in [0.15, 0.2) is 8.03 Å². The van der Waals surface area contributed by atoms with E-state index < -0.39 is 8.03 Å². The summed E-state index contributed by atoms with van der Waals surface area (Å²) in [5.74, 6) is 0.632. The molecule has 1 atom stereocenters. The summed E-state index contributed by atoms with van der Waals surface area (Å²) in [6.07, 6.45) is 2.31. The van der Waals surface area contributed by atoms with Crippen molar-refractivity contribution >= 4 is 13.9 Å². The monoisotopic (exact) mass is 329 g/mol. The fourth-order valence-corrected chi connectivity index (χ4v) is 2.39. The molecule has 0 aliphatic heterocycles. The lowest BCUT2D eigenvalue weighted by Gasteiger charge is -2.20. The van der Waals surface area contributed by atoms with Crippen LogP contribution < -0.4 is 4.74 Å². The zero-order valence-corrected chi connectivity index (χ0v) is 14.1. The summed E-state index contributed by atoms with van der Waals surface area (Å²) >= 11 is 0. The molecule has 1 rings (SSSR count). The number of carbonyl (C=O) groups is 1. The molecule has 0 saturated heterocycles. The van der Waals surface area contributed by atoms with Crippen LogP contribution in [-0.4, -0.2) is 42.3 Å². The van der Waals surface area contributed by atoms with Crippen LogP contribution in [0.3, 0.4) is 0 Å². The average Bonchev–Trinajstić information content (AvgIpc) is 2.49. The Balaban J connectivity index is 2.27. The molecule has 1 N–H and O–H groups in total. The van der Waals surface area contributed by atoms with Gasteiger partial charge in [-0.3, -0.25) is 14.2 Å². The number of nitrogens with zero attached hydrogens (tertiary/aromatic N) is 1. The van der Waals surface area contributed by atoms with E-state index in [9.17, 15) is 9.36 Å². The first-order valence-electron chi connectivity index (χ1n) is 7.28. The molecule has 0 bridgehead atoms. The van der Waals surface area contributed by atoms with Crippen LogP contribution in [0.4, 0.5) is 0 Å². The van der Waals surface area contributed by atoms with Crippen LogP contribution in [0.5, 0.6) is 5.75 Å². The minimum Gasteiger partial charge on any atom is -0.497 e. The number of benzene rings is 1. The van der Waals surface area contributed by atoms with Crippen LogP contribution in [0, 0.1) is 0 Å². The molecule has 1 aromatic carbocycles. The highest BCUT2D eigenvalue weighted by Crippen LogP contribution is 2.14. The Kier molecular flexibility index (Phi) is 8.82. The molecular weight excluding hydrogens is 305 g/mol. The number of hydrogen-bond donors (Lipinski definition) is 1. The van der Waals surface area contributed by atoms with E-state index in [0.717, 1.165) is 18.6 Å². The largest absolute Gasteiger partial charge is 0.497 e. The third-order valence-electron chi connectivity index (χ3n) is 3.12. The van der Waals surface area contributed by atoms with E-state index in [1.165, 1.54) is 17.6 Å². The third-order valence-corrected chi connectivity index (χ3v) is 3.90. The van der Waals surface area contributed by atoms with Gasteiger partial charge in [-0.25, -0.2) is 5.06 Å². The molecular formula is C15H24NO5P. The molecule has 0 heterocycles. The van der Waals surface area contributed by atoms with Crippen LogP contribution in [0.1, 0.15) is 25.3 Å². The van der Waals surface area contributed by atoms with Gasteiger partial charge in [0, 0.05) is 19.6 Å². The molecule has 0 radical (unpaired) electrons. The van der Waals surface area contributed by atoms with Gasteiger partial charge in [-0.15, -0.1) is 0 Å². The van der Waals surface area contributed by atoms with Crippen molar-refractivity contribution in [3.63, 3.8) is 0 Å². The second-order valence-corrected chi connectivity index (χ2v) is 6.19. The van der Waals surface area contributed by atoms with Crippen LogP contribution in [-0.2, 0) is 20.6 Å². The number of rotatable bonds is 10. The molecule has 1 aromatic rings. The van der Waals surface area contributed by atoms with Crippen molar-refractivity contribution in [2.75, 3.05) is 26.4 Å². The number of ether oxygens (including phenoxy) is 1. The Morgan fingerprint density at radius 1 is 1.27 bits per heavy atom. The fourth-order valence-electron chi connectivity index (χ4n) is 1.93. The van der Waals surface area contributed by atoms with E-state index >= 15 is 0 Å². The Morgan fingerprint density at radius 2 is 1.95 bits per heavy atom. The Bertz CT molecular complexity index is 477. The summed E-state index contributed by atoms with van der Waals surface area (Å²) in [6, 6.07) is 7.82. The SMILES string of the molecule is COc1ccc(CCCON(CCC[PH](=O)O)C(C)=O)cc1. The number of aryl methyl sites for hydroxylation is 1. The zero-order chi connectivity index (χ0) is 16.4. The lowest BCUT2D eigenvalue weighted by molar-refractivity contribution is -0.184. The van der Waals surface area contributed by atoms with Crippen molar-refractivity contribution in [2.45, 2.75) is 26.2 Å². The number of hydroxylamine groups is 2. The standard InChI is InChI=1S/C15H24NO5P/c1-13(17)16(10-4-12-22(18)19)21-11-3-5-14-6-8-15(20-2)9-7-14/h6-9,22H,3-5,10-12H2,1-2H3,(H,18,19). The first kappa shape index (κ1) is 18.7. The summed E-state index contributed by atoms with van der Waals surface area (Å²) in [6.45, 7) is 2.19. The second kappa shape index (κ2) is 10.4. The maximum Gasteiger partial charge on any atom is 0.242 e. The van der Waals surface area contributed by atoms with E-state index in [-0.39, 0.29) is 12.1 Å². The quantitative estimate of drug-likeness (QED) is 0.405. The van der Waals surface area contributed by atoms with Gasteiger partial charge in [0.1, 0.15) is 5.75 Å². The van der Waals surface area contributed by atoms with Gasteiger partial charge < -0.3 is 9.63 Å². The van der Waals surface area contributed by atoms with Gasteiger partial charge in [-0.05, 0) is 37.0 Å². The molecule has 0 aliphatic rings. The molecule has 1 unspecified atom stereocenters. The number of methoxy groups -OCH3 is 1. The van der Waals surface area contributed by atoms with Crippen LogP contribution >= 0.6 is 8.03 Å². The van der Waals surface area contributed by atoms with Crippen molar-refractivity contribution in [2.24, 2.45) is 0 Å². The van der Waals surface area contributed by atoms with Crippen LogP contribution in [0.15, 0.2) is 24.3 Å². The third kappa shape index (κ3) is 7.59. The van der Waals surface area contributed by atoms with Crippen molar-refractivity contribution in [3.05, 3.63) is 29.8 Å².